The maximum atomic E-state index is 11.8. The standard InChI is InChI=1S/C15H17ClN4O5/c1-4-25-15(23)12(20-24)9(3)18-19-14(22)13(21)17-10-6-5-8(2)11(16)7-10/h5-7,24H,4H2,1-3H3,(H,17,21)(H,19,22)/b18-9+,20-12-. The molecule has 0 aliphatic heterocycles. The zero-order valence-corrected chi connectivity index (χ0v) is 14.5. The smallest absolute Gasteiger partial charge is 0.362 e. The Balaban J connectivity index is 2.72. The molecule has 10 heteroatoms. The summed E-state index contributed by atoms with van der Waals surface area (Å²) < 4.78 is 4.66. The Morgan fingerprint density at radius 3 is 2.52 bits per heavy atom. The molecule has 0 heterocycles. The number of benzene rings is 1. The molecule has 0 saturated heterocycles. The second kappa shape index (κ2) is 9.38. The van der Waals surface area contributed by atoms with Gasteiger partial charge in [0.05, 0.1) is 12.3 Å². The van der Waals surface area contributed by atoms with Gasteiger partial charge in [0.25, 0.3) is 0 Å². The average molecular weight is 369 g/mol. The van der Waals surface area contributed by atoms with Crippen molar-refractivity contribution in [3.8, 4) is 0 Å². The lowest BCUT2D eigenvalue weighted by atomic mass is 10.2. The number of aryl methyl sites for hydroxylation is 1. The molecule has 0 aliphatic carbocycles. The van der Waals surface area contributed by atoms with E-state index in [1.54, 1.807) is 26.0 Å². The van der Waals surface area contributed by atoms with Gasteiger partial charge in [-0.05, 0) is 38.5 Å². The van der Waals surface area contributed by atoms with Crippen molar-refractivity contribution in [3.63, 3.8) is 0 Å². The molecule has 0 bridgehead atoms. The lowest BCUT2D eigenvalue weighted by molar-refractivity contribution is -0.136. The monoisotopic (exact) mass is 368 g/mol. The molecule has 0 saturated carbocycles. The fraction of sp³-hybridized carbons (Fsp3) is 0.267. The van der Waals surface area contributed by atoms with Crippen molar-refractivity contribution in [3.05, 3.63) is 28.8 Å². The van der Waals surface area contributed by atoms with Crippen LogP contribution in [0.5, 0.6) is 0 Å². The van der Waals surface area contributed by atoms with E-state index in [2.05, 4.69) is 20.3 Å². The molecule has 0 unspecified atom stereocenters. The number of carbonyl (C=O) groups is 3. The molecule has 2 amide bonds. The lowest BCUT2D eigenvalue weighted by Crippen LogP contribution is -2.34. The molecule has 1 rings (SSSR count). The molecule has 1 aromatic carbocycles. The van der Waals surface area contributed by atoms with E-state index < -0.39 is 23.5 Å². The van der Waals surface area contributed by atoms with Gasteiger partial charge in [0.1, 0.15) is 0 Å². The van der Waals surface area contributed by atoms with Crippen molar-refractivity contribution in [2.75, 3.05) is 11.9 Å². The van der Waals surface area contributed by atoms with Gasteiger partial charge >= 0.3 is 17.8 Å². The molecule has 0 aliphatic rings. The Bertz CT molecular complexity index is 745. The zero-order valence-electron chi connectivity index (χ0n) is 13.8. The predicted molar refractivity (Wildman–Crippen MR) is 91.9 cm³/mol. The molecule has 0 spiro atoms. The maximum absolute atomic E-state index is 11.8. The third-order valence-corrected chi connectivity index (χ3v) is 3.28. The Hall–Kier alpha value is -2.94. The molecule has 134 valence electrons. The Morgan fingerprint density at radius 2 is 1.96 bits per heavy atom. The number of anilines is 1. The molecule has 3 N–H and O–H groups in total. The van der Waals surface area contributed by atoms with Gasteiger partial charge in [0.2, 0.25) is 5.71 Å². The van der Waals surface area contributed by atoms with Crippen molar-refractivity contribution >= 4 is 46.5 Å². The summed E-state index contributed by atoms with van der Waals surface area (Å²) in [7, 11) is 0. The maximum Gasteiger partial charge on any atom is 0.362 e. The minimum atomic E-state index is -1.09. The third-order valence-electron chi connectivity index (χ3n) is 2.87. The third kappa shape index (κ3) is 5.88. The van der Waals surface area contributed by atoms with Crippen molar-refractivity contribution in [1.29, 1.82) is 0 Å². The number of rotatable bonds is 5. The van der Waals surface area contributed by atoms with Gasteiger partial charge in [-0.15, -0.1) is 0 Å². The number of nitrogens with zero attached hydrogens (tertiary/aromatic N) is 2. The van der Waals surface area contributed by atoms with Crippen molar-refractivity contribution in [2.45, 2.75) is 20.8 Å². The first-order valence-corrected chi connectivity index (χ1v) is 7.49. The molecule has 25 heavy (non-hydrogen) atoms. The highest BCUT2D eigenvalue weighted by Crippen LogP contribution is 2.19. The molecular formula is C15H17ClN4O5. The van der Waals surface area contributed by atoms with E-state index in [4.69, 9.17) is 16.8 Å². The number of esters is 1. The quantitative estimate of drug-likeness (QED) is 0.238. The summed E-state index contributed by atoms with van der Waals surface area (Å²) in [6, 6.07) is 4.76. The van der Waals surface area contributed by atoms with E-state index in [1.165, 1.54) is 13.0 Å². The topological polar surface area (TPSA) is 129 Å². The average Bonchev–Trinajstić information content (AvgIpc) is 2.56. The van der Waals surface area contributed by atoms with Crippen LogP contribution in [0, 0.1) is 6.92 Å². The van der Waals surface area contributed by atoms with Crippen LogP contribution in [0.3, 0.4) is 0 Å². The molecular weight excluding hydrogens is 352 g/mol. The van der Waals surface area contributed by atoms with Crippen molar-refractivity contribution in [1.82, 2.24) is 5.43 Å². The number of oxime groups is 1. The SMILES string of the molecule is CCOC(=O)C(=N\O)/C(C)=N/NC(=O)C(=O)Nc1ccc(C)c(Cl)c1. The van der Waals surface area contributed by atoms with Crippen molar-refractivity contribution in [2.24, 2.45) is 10.3 Å². The Kier molecular flexibility index (Phi) is 7.54. The number of hydrazone groups is 1. The summed E-state index contributed by atoms with van der Waals surface area (Å²) in [5.41, 5.74) is 2.47. The number of amides is 2. The van der Waals surface area contributed by atoms with E-state index in [0.29, 0.717) is 10.7 Å². The van der Waals surface area contributed by atoms with Gasteiger partial charge in [-0.25, -0.2) is 10.2 Å². The number of carbonyl (C=O) groups excluding carboxylic acids is 3. The van der Waals surface area contributed by atoms with E-state index in [0.717, 1.165) is 5.56 Å². The zero-order chi connectivity index (χ0) is 19.0. The Morgan fingerprint density at radius 1 is 1.28 bits per heavy atom. The van der Waals surface area contributed by atoms with Crippen LogP contribution in [-0.2, 0) is 19.1 Å². The minimum Gasteiger partial charge on any atom is -0.461 e. The number of ether oxygens (including phenoxy) is 1. The molecule has 0 radical (unpaired) electrons. The second-order valence-corrected chi connectivity index (χ2v) is 5.13. The van der Waals surface area contributed by atoms with Crippen LogP contribution in [-0.4, -0.2) is 41.0 Å². The fourth-order valence-corrected chi connectivity index (χ4v) is 1.74. The van der Waals surface area contributed by atoms with Crippen LogP contribution in [0.2, 0.25) is 5.02 Å². The number of nitrogens with one attached hydrogen (secondary N) is 2. The van der Waals surface area contributed by atoms with Gasteiger partial charge in [-0.1, -0.05) is 22.8 Å². The summed E-state index contributed by atoms with van der Waals surface area (Å²) in [4.78, 5) is 35.0. The molecule has 0 fully saturated rings. The second-order valence-electron chi connectivity index (χ2n) is 4.73. The van der Waals surface area contributed by atoms with Crippen LogP contribution in [0.4, 0.5) is 5.69 Å². The predicted octanol–water partition coefficient (Wildman–Crippen LogP) is 1.47. The first-order chi connectivity index (χ1) is 11.8. The highest BCUT2D eigenvalue weighted by molar-refractivity contribution is 6.65. The minimum absolute atomic E-state index is 0.0685. The number of hydrogen-bond acceptors (Lipinski definition) is 7. The van der Waals surface area contributed by atoms with Crippen LogP contribution in [0.1, 0.15) is 19.4 Å². The van der Waals surface area contributed by atoms with E-state index in [9.17, 15) is 14.4 Å². The van der Waals surface area contributed by atoms with Gasteiger partial charge in [0, 0.05) is 10.7 Å². The van der Waals surface area contributed by atoms with Gasteiger partial charge in [-0.2, -0.15) is 5.10 Å². The Labute approximate surface area is 148 Å². The summed E-state index contributed by atoms with van der Waals surface area (Å²) >= 11 is 5.93. The van der Waals surface area contributed by atoms with Crippen molar-refractivity contribution < 1.29 is 24.3 Å². The van der Waals surface area contributed by atoms with Crippen LogP contribution in [0.25, 0.3) is 0 Å². The van der Waals surface area contributed by atoms with Crippen LogP contribution in [0.15, 0.2) is 28.5 Å². The number of hydrogen-bond donors (Lipinski definition) is 3. The largest absolute Gasteiger partial charge is 0.461 e. The summed E-state index contributed by atoms with van der Waals surface area (Å²) in [5, 5.41) is 17.9. The molecule has 9 nitrogen and oxygen atoms in total. The first kappa shape index (κ1) is 20.1. The molecule has 0 atom stereocenters. The summed E-state index contributed by atoms with van der Waals surface area (Å²) in [6.45, 7) is 4.73. The van der Waals surface area contributed by atoms with E-state index >= 15 is 0 Å². The van der Waals surface area contributed by atoms with Crippen LogP contribution < -0.4 is 10.7 Å². The van der Waals surface area contributed by atoms with Gasteiger partial charge in [0.15, 0.2) is 0 Å². The normalized spacial score (nSPS) is 11.7. The highest BCUT2D eigenvalue weighted by atomic mass is 35.5. The summed E-state index contributed by atoms with van der Waals surface area (Å²) in [5.74, 6) is -2.99. The highest BCUT2D eigenvalue weighted by Gasteiger charge is 2.19. The van der Waals surface area contributed by atoms with Gasteiger partial charge in [-0.3, -0.25) is 9.59 Å². The van der Waals surface area contributed by atoms with E-state index in [-0.39, 0.29) is 12.3 Å². The fourth-order valence-electron chi connectivity index (χ4n) is 1.56. The van der Waals surface area contributed by atoms with E-state index in [1.807, 2.05) is 5.43 Å². The number of halogens is 1. The van der Waals surface area contributed by atoms with Gasteiger partial charge < -0.3 is 15.3 Å². The molecule has 0 aromatic heterocycles. The summed E-state index contributed by atoms with van der Waals surface area (Å²) in [6.07, 6.45) is 0. The molecule has 1 aromatic rings. The lowest BCUT2D eigenvalue weighted by Gasteiger charge is -2.06. The first-order valence-electron chi connectivity index (χ1n) is 7.11. The van der Waals surface area contributed by atoms with Crippen LogP contribution >= 0.6 is 11.6 Å².